The molecule has 2 unspecified atom stereocenters. The van der Waals surface area contributed by atoms with E-state index in [1.807, 2.05) is 30.3 Å². The lowest BCUT2D eigenvalue weighted by Crippen LogP contribution is -2.24. The first-order valence-corrected chi connectivity index (χ1v) is 8.06. The minimum atomic E-state index is -0.300. The Balaban J connectivity index is 1.83. The number of hydrogen-bond donors (Lipinski definition) is 2. The molecule has 3 rings (SSSR count). The fourth-order valence-corrected chi connectivity index (χ4v) is 3.10. The maximum absolute atomic E-state index is 14.0. The van der Waals surface area contributed by atoms with Crippen molar-refractivity contribution < 1.29 is 14.2 Å². The molecule has 0 radical (unpaired) electrons. The molecule has 4 heteroatoms. The molecule has 0 amide bonds. The van der Waals surface area contributed by atoms with E-state index in [-0.39, 0.29) is 24.5 Å². The summed E-state index contributed by atoms with van der Waals surface area (Å²) in [6, 6.07) is 13.1. The van der Waals surface area contributed by atoms with Gasteiger partial charge in [-0.05, 0) is 37.0 Å². The highest BCUT2D eigenvalue weighted by atomic mass is 19.1. The minimum Gasteiger partial charge on any atom is -0.490 e. The third kappa shape index (κ3) is 3.54. The number of aliphatic hydroxyl groups excluding tert-OH is 1. The van der Waals surface area contributed by atoms with Crippen LogP contribution in [0.2, 0.25) is 0 Å². The number of rotatable bonds is 4. The van der Waals surface area contributed by atoms with Gasteiger partial charge in [0.05, 0.1) is 13.2 Å². The van der Waals surface area contributed by atoms with E-state index in [1.165, 1.54) is 6.07 Å². The van der Waals surface area contributed by atoms with E-state index < -0.39 is 0 Å². The van der Waals surface area contributed by atoms with Gasteiger partial charge in [0.15, 0.2) is 11.6 Å². The first-order chi connectivity index (χ1) is 11.2. The van der Waals surface area contributed by atoms with Gasteiger partial charge in [-0.1, -0.05) is 36.4 Å². The molecule has 1 aliphatic rings. The number of ether oxygens (including phenoxy) is 1. The van der Waals surface area contributed by atoms with Crippen LogP contribution in [0.25, 0.3) is 0 Å². The van der Waals surface area contributed by atoms with Gasteiger partial charge in [0.25, 0.3) is 0 Å². The first kappa shape index (κ1) is 16.0. The standard InChI is InChI=1S/C19H22FNO2/c1-13(15-6-2-5-14(11-15)12-22)21-18-9-4-10-23-19-16(18)7-3-8-17(19)20/h2-3,5-8,11,13,18,21-22H,4,9-10,12H2,1H3. The van der Waals surface area contributed by atoms with Crippen LogP contribution < -0.4 is 10.1 Å². The van der Waals surface area contributed by atoms with Gasteiger partial charge in [0.2, 0.25) is 0 Å². The molecular weight excluding hydrogens is 293 g/mol. The van der Waals surface area contributed by atoms with Crippen molar-refractivity contribution in [2.45, 2.75) is 38.5 Å². The van der Waals surface area contributed by atoms with Gasteiger partial charge < -0.3 is 15.2 Å². The van der Waals surface area contributed by atoms with Crippen LogP contribution in [0.3, 0.4) is 0 Å². The summed E-state index contributed by atoms with van der Waals surface area (Å²) < 4.78 is 19.6. The average Bonchev–Trinajstić information content (AvgIpc) is 2.78. The average molecular weight is 315 g/mol. The fraction of sp³-hybridized carbons (Fsp3) is 0.368. The van der Waals surface area contributed by atoms with E-state index in [4.69, 9.17) is 4.74 Å². The highest BCUT2D eigenvalue weighted by molar-refractivity contribution is 5.38. The van der Waals surface area contributed by atoms with Crippen molar-refractivity contribution in [3.63, 3.8) is 0 Å². The van der Waals surface area contributed by atoms with Crippen LogP contribution in [0.4, 0.5) is 4.39 Å². The van der Waals surface area contributed by atoms with Crippen molar-refractivity contribution in [2.75, 3.05) is 6.61 Å². The number of hydrogen-bond acceptors (Lipinski definition) is 3. The molecule has 0 aliphatic carbocycles. The number of halogens is 1. The second-order valence-corrected chi connectivity index (χ2v) is 5.99. The lowest BCUT2D eigenvalue weighted by Gasteiger charge is -2.24. The molecule has 23 heavy (non-hydrogen) atoms. The summed E-state index contributed by atoms with van der Waals surface area (Å²) in [7, 11) is 0. The number of benzene rings is 2. The van der Waals surface area contributed by atoms with Crippen LogP contribution in [0.5, 0.6) is 5.75 Å². The zero-order chi connectivity index (χ0) is 16.2. The van der Waals surface area contributed by atoms with Crippen LogP contribution >= 0.6 is 0 Å². The molecular formula is C19H22FNO2. The molecule has 0 spiro atoms. The summed E-state index contributed by atoms with van der Waals surface area (Å²) in [4.78, 5) is 0. The molecule has 122 valence electrons. The van der Waals surface area contributed by atoms with Gasteiger partial charge in [-0.25, -0.2) is 4.39 Å². The molecule has 0 bridgehead atoms. The Morgan fingerprint density at radius 2 is 2.13 bits per heavy atom. The lowest BCUT2D eigenvalue weighted by atomic mass is 9.98. The molecule has 3 nitrogen and oxygen atoms in total. The number of nitrogens with one attached hydrogen (secondary N) is 1. The van der Waals surface area contributed by atoms with Crippen molar-refractivity contribution >= 4 is 0 Å². The lowest BCUT2D eigenvalue weighted by molar-refractivity contribution is 0.281. The maximum Gasteiger partial charge on any atom is 0.165 e. The van der Waals surface area contributed by atoms with Gasteiger partial charge in [-0.2, -0.15) is 0 Å². The smallest absolute Gasteiger partial charge is 0.165 e. The highest BCUT2D eigenvalue weighted by Gasteiger charge is 2.23. The van der Waals surface area contributed by atoms with E-state index in [0.717, 1.165) is 29.5 Å². The normalized spacial score (nSPS) is 18.7. The molecule has 0 aromatic heterocycles. The van der Waals surface area contributed by atoms with E-state index in [2.05, 4.69) is 12.2 Å². The van der Waals surface area contributed by atoms with Gasteiger partial charge in [-0.3, -0.25) is 0 Å². The Bertz CT molecular complexity index is 674. The van der Waals surface area contributed by atoms with Crippen molar-refractivity contribution in [1.82, 2.24) is 5.32 Å². The molecule has 2 aromatic rings. The van der Waals surface area contributed by atoms with Gasteiger partial charge in [0.1, 0.15) is 0 Å². The summed E-state index contributed by atoms with van der Waals surface area (Å²) in [5.41, 5.74) is 2.89. The molecule has 1 heterocycles. The summed E-state index contributed by atoms with van der Waals surface area (Å²) in [6.45, 7) is 2.66. The Labute approximate surface area is 136 Å². The Kier molecular flexibility index (Phi) is 4.94. The summed E-state index contributed by atoms with van der Waals surface area (Å²) in [5.74, 6) is 0.0740. The zero-order valence-corrected chi connectivity index (χ0v) is 13.3. The molecule has 2 N–H and O–H groups in total. The van der Waals surface area contributed by atoms with Gasteiger partial charge >= 0.3 is 0 Å². The second-order valence-electron chi connectivity index (χ2n) is 5.99. The van der Waals surface area contributed by atoms with Gasteiger partial charge in [0, 0.05) is 17.6 Å². The molecule has 0 saturated carbocycles. The monoisotopic (exact) mass is 315 g/mol. The Morgan fingerprint density at radius 1 is 1.30 bits per heavy atom. The predicted octanol–water partition coefficient (Wildman–Crippen LogP) is 3.88. The fourth-order valence-electron chi connectivity index (χ4n) is 3.10. The third-order valence-electron chi connectivity index (χ3n) is 4.34. The second kappa shape index (κ2) is 7.11. The van der Waals surface area contributed by atoms with E-state index in [9.17, 15) is 9.50 Å². The Morgan fingerprint density at radius 3 is 2.96 bits per heavy atom. The largest absolute Gasteiger partial charge is 0.490 e. The van der Waals surface area contributed by atoms with Crippen LogP contribution in [0.1, 0.15) is 48.5 Å². The molecule has 2 aromatic carbocycles. The Hall–Kier alpha value is -1.91. The van der Waals surface area contributed by atoms with Crippen LogP contribution in [-0.2, 0) is 6.61 Å². The van der Waals surface area contributed by atoms with Crippen molar-refractivity contribution in [3.8, 4) is 5.75 Å². The van der Waals surface area contributed by atoms with E-state index in [0.29, 0.717) is 12.4 Å². The summed E-state index contributed by atoms with van der Waals surface area (Å²) in [5, 5.41) is 12.9. The van der Waals surface area contributed by atoms with Crippen molar-refractivity contribution in [3.05, 3.63) is 65.0 Å². The minimum absolute atomic E-state index is 0.0336. The number of para-hydroxylation sites is 1. The van der Waals surface area contributed by atoms with Crippen LogP contribution in [0.15, 0.2) is 42.5 Å². The highest BCUT2D eigenvalue weighted by Crippen LogP contribution is 2.35. The number of fused-ring (bicyclic) bond motifs is 1. The quantitative estimate of drug-likeness (QED) is 0.899. The van der Waals surface area contributed by atoms with Crippen LogP contribution in [-0.4, -0.2) is 11.7 Å². The van der Waals surface area contributed by atoms with E-state index in [1.54, 1.807) is 6.07 Å². The third-order valence-corrected chi connectivity index (χ3v) is 4.34. The maximum atomic E-state index is 14.0. The SMILES string of the molecule is CC(NC1CCCOc2c(F)cccc21)c1cccc(CO)c1. The summed E-state index contributed by atoms with van der Waals surface area (Å²) in [6.07, 6.45) is 1.79. The van der Waals surface area contributed by atoms with Gasteiger partial charge in [-0.15, -0.1) is 0 Å². The molecule has 0 fully saturated rings. The number of aliphatic hydroxyl groups is 1. The van der Waals surface area contributed by atoms with Crippen LogP contribution in [0, 0.1) is 5.82 Å². The summed E-state index contributed by atoms with van der Waals surface area (Å²) >= 11 is 0. The first-order valence-electron chi connectivity index (χ1n) is 8.06. The molecule has 1 aliphatic heterocycles. The molecule has 0 saturated heterocycles. The predicted molar refractivity (Wildman–Crippen MR) is 87.8 cm³/mol. The topological polar surface area (TPSA) is 41.5 Å². The van der Waals surface area contributed by atoms with E-state index >= 15 is 0 Å². The van der Waals surface area contributed by atoms with Crippen molar-refractivity contribution in [1.29, 1.82) is 0 Å². The zero-order valence-electron chi connectivity index (χ0n) is 13.3. The molecule has 2 atom stereocenters. The van der Waals surface area contributed by atoms with Crippen molar-refractivity contribution in [2.24, 2.45) is 0 Å².